The number of benzene rings is 2. The summed E-state index contributed by atoms with van der Waals surface area (Å²) >= 11 is 0. The van der Waals surface area contributed by atoms with Crippen LogP contribution in [0.2, 0.25) is 0 Å². The number of hydrogen-bond donors (Lipinski definition) is 1. The van der Waals surface area contributed by atoms with Crippen molar-refractivity contribution in [1.82, 2.24) is 10.4 Å². The molecule has 7 heteroatoms. The highest BCUT2D eigenvalue weighted by molar-refractivity contribution is 6.02. The van der Waals surface area contributed by atoms with Gasteiger partial charge >= 0.3 is 6.09 Å². The van der Waals surface area contributed by atoms with Crippen LogP contribution in [0.25, 0.3) is 0 Å². The van der Waals surface area contributed by atoms with E-state index in [1.165, 1.54) is 18.4 Å². The van der Waals surface area contributed by atoms with Crippen molar-refractivity contribution < 1.29 is 14.3 Å². The quantitative estimate of drug-likeness (QED) is 0.823. The van der Waals surface area contributed by atoms with Crippen LogP contribution in [-0.4, -0.2) is 48.7 Å². The van der Waals surface area contributed by atoms with Crippen LogP contribution in [0.3, 0.4) is 0 Å². The molecular formula is C24H28N4O3. The molecule has 1 aliphatic carbocycles. The smallest absolute Gasteiger partial charge is 0.410 e. The number of rotatable bonds is 3. The number of nitrogens with one attached hydrogen (secondary N) is 1. The molecule has 31 heavy (non-hydrogen) atoms. The minimum atomic E-state index is -0.427. The molecule has 2 fully saturated rings. The lowest BCUT2D eigenvalue weighted by atomic mass is 9.97. The summed E-state index contributed by atoms with van der Waals surface area (Å²) in [5.41, 5.74) is 6.17. The second kappa shape index (κ2) is 7.98. The maximum absolute atomic E-state index is 13.1. The Kier molecular flexibility index (Phi) is 5.16. The van der Waals surface area contributed by atoms with Crippen molar-refractivity contribution >= 4 is 23.4 Å². The van der Waals surface area contributed by atoms with Gasteiger partial charge in [-0.05, 0) is 49.6 Å². The van der Waals surface area contributed by atoms with Gasteiger partial charge in [-0.2, -0.15) is 0 Å². The van der Waals surface area contributed by atoms with Gasteiger partial charge in [-0.25, -0.2) is 9.80 Å². The predicted molar refractivity (Wildman–Crippen MR) is 119 cm³/mol. The monoisotopic (exact) mass is 420 g/mol. The molecule has 2 heterocycles. The van der Waals surface area contributed by atoms with E-state index in [9.17, 15) is 9.59 Å². The zero-order chi connectivity index (χ0) is 21.5. The molecule has 7 nitrogen and oxygen atoms in total. The van der Waals surface area contributed by atoms with Gasteiger partial charge in [0.05, 0.1) is 17.4 Å². The van der Waals surface area contributed by atoms with Gasteiger partial charge in [0, 0.05) is 38.5 Å². The van der Waals surface area contributed by atoms with Crippen LogP contribution < -0.4 is 20.0 Å². The summed E-state index contributed by atoms with van der Waals surface area (Å²) in [6.07, 6.45) is 2.09. The number of nitrogens with zero attached hydrogens (tertiary/aromatic N) is 3. The number of ether oxygens (including phenoxy) is 1. The first-order chi connectivity index (χ1) is 15.0. The molecule has 1 unspecified atom stereocenters. The topological polar surface area (TPSA) is 65.1 Å². The maximum Gasteiger partial charge on any atom is 0.419 e. The molecule has 5 rings (SSSR count). The molecule has 2 aliphatic heterocycles. The largest absolute Gasteiger partial charge is 0.419 e. The molecule has 0 spiro atoms. The third-order valence-electron chi connectivity index (χ3n) is 6.36. The first kappa shape index (κ1) is 20.0. The Morgan fingerprint density at radius 3 is 2.52 bits per heavy atom. The molecule has 2 atom stereocenters. The Labute approximate surface area is 182 Å². The standard InChI is InChI=1S/C24H28N4O3/c1-16-14-26(24(30)31-21-6-4-3-5-7-21)23-12-18(8-11-22(23)28(16)17(2)29)19-13-25-27(15-19)20-9-10-20/h3-8,11-12,16,19-20,25H,9-10,13-15H2,1-2H3/t16-,19?/m0/s1. The van der Waals surface area contributed by atoms with Gasteiger partial charge in [-0.15, -0.1) is 0 Å². The van der Waals surface area contributed by atoms with Crippen LogP contribution >= 0.6 is 0 Å². The number of amides is 2. The maximum atomic E-state index is 13.1. The average molecular weight is 421 g/mol. The second-order valence-corrected chi connectivity index (χ2v) is 8.72. The summed E-state index contributed by atoms with van der Waals surface area (Å²) in [5, 5.41) is 2.34. The Hall–Kier alpha value is -2.90. The number of hydrogen-bond acceptors (Lipinski definition) is 5. The third-order valence-corrected chi connectivity index (χ3v) is 6.36. The number of hydrazine groups is 1. The molecular weight excluding hydrogens is 392 g/mol. The Morgan fingerprint density at radius 1 is 1.03 bits per heavy atom. The number of fused-ring (bicyclic) bond motifs is 1. The summed E-state index contributed by atoms with van der Waals surface area (Å²) in [6, 6.07) is 15.7. The Bertz CT molecular complexity index is 992. The molecule has 2 aromatic rings. The molecule has 2 amide bonds. The van der Waals surface area contributed by atoms with E-state index in [-0.39, 0.29) is 11.9 Å². The molecule has 3 aliphatic rings. The fourth-order valence-electron chi connectivity index (χ4n) is 4.67. The Morgan fingerprint density at radius 2 is 1.81 bits per heavy atom. The summed E-state index contributed by atoms with van der Waals surface area (Å²) in [7, 11) is 0. The first-order valence-electron chi connectivity index (χ1n) is 11.0. The fraction of sp³-hybridized carbons (Fsp3) is 0.417. The van der Waals surface area contributed by atoms with Gasteiger partial charge in [0.1, 0.15) is 5.75 Å². The van der Waals surface area contributed by atoms with Crippen molar-refractivity contribution in [3.05, 3.63) is 54.1 Å². The lowest BCUT2D eigenvalue weighted by Crippen LogP contribution is -2.52. The molecule has 1 saturated heterocycles. The summed E-state index contributed by atoms with van der Waals surface area (Å²) in [6.45, 7) is 5.76. The molecule has 162 valence electrons. The molecule has 1 N–H and O–H groups in total. The van der Waals surface area contributed by atoms with E-state index >= 15 is 0 Å². The van der Waals surface area contributed by atoms with Gasteiger partial charge in [0.2, 0.25) is 5.91 Å². The Balaban J connectivity index is 1.46. The van der Waals surface area contributed by atoms with Crippen LogP contribution in [0, 0.1) is 0 Å². The first-order valence-corrected chi connectivity index (χ1v) is 11.0. The van der Waals surface area contributed by atoms with Gasteiger partial charge in [0.15, 0.2) is 0 Å². The summed E-state index contributed by atoms with van der Waals surface area (Å²) < 4.78 is 5.64. The van der Waals surface area contributed by atoms with Crippen molar-refractivity contribution in [2.75, 3.05) is 29.4 Å². The second-order valence-electron chi connectivity index (χ2n) is 8.72. The molecule has 0 radical (unpaired) electrons. The molecule has 0 aromatic heterocycles. The molecule has 1 saturated carbocycles. The number of para-hydroxylation sites is 1. The fourth-order valence-corrected chi connectivity index (χ4v) is 4.67. The lowest BCUT2D eigenvalue weighted by molar-refractivity contribution is -0.117. The van der Waals surface area contributed by atoms with E-state index in [2.05, 4.69) is 22.6 Å². The van der Waals surface area contributed by atoms with Crippen molar-refractivity contribution in [2.24, 2.45) is 0 Å². The molecule has 2 aromatic carbocycles. The van der Waals surface area contributed by atoms with Crippen molar-refractivity contribution in [3.8, 4) is 5.75 Å². The van der Waals surface area contributed by atoms with Crippen LogP contribution in [0.4, 0.5) is 16.2 Å². The highest BCUT2D eigenvalue weighted by atomic mass is 16.6. The molecule has 0 bridgehead atoms. The number of anilines is 2. The van der Waals surface area contributed by atoms with Gasteiger partial charge in [-0.3, -0.25) is 15.1 Å². The number of carbonyl (C=O) groups is 2. The van der Waals surface area contributed by atoms with Crippen LogP contribution in [-0.2, 0) is 4.79 Å². The van der Waals surface area contributed by atoms with E-state index in [0.29, 0.717) is 24.3 Å². The lowest BCUT2D eigenvalue weighted by Gasteiger charge is -2.40. The van der Waals surface area contributed by atoms with E-state index in [1.54, 1.807) is 28.9 Å². The third kappa shape index (κ3) is 3.91. The summed E-state index contributed by atoms with van der Waals surface area (Å²) in [4.78, 5) is 28.9. The van der Waals surface area contributed by atoms with E-state index < -0.39 is 6.09 Å². The highest BCUT2D eigenvalue weighted by Gasteiger charge is 2.37. The van der Waals surface area contributed by atoms with Crippen molar-refractivity contribution in [2.45, 2.75) is 44.7 Å². The summed E-state index contributed by atoms with van der Waals surface area (Å²) in [5.74, 6) is 0.829. The van der Waals surface area contributed by atoms with Crippen LogP contribution in [0.1, 0.15) is 38.2 Å². The van der Waals surface area contributed by atoms with Crippen molar-refractivity contribution in [1.29, 1.82) is 0 Å². The van der Waals surface area contributed by atoms with Crippen molar-refractivity contribution in [3.63, 3.8) is 0 Å². The minimum absolute atomic E-state index is 0.0278. The zero-order valence-electron chi connectivity index (χ0n) is 18.0. The van der Waals surface area contributed by atoms with Gasteiger partial charge in [0.25, 0.3) is 0 Å². The average Bonchev–Trinajstić information content (AvgIpc) is 3.49. The highest BCUT2D eigenvalue weighted by Crippen LogP contribution is 2.39. The van der Waals surface area contributed by atoms with Crippen LogP contribution in [0.15, 0.2) is 48.5 Å². The van der Waals surface area contributed by atoms with Gasteiger partial charge in [-0.1, -0.05) is 24.3 Å². The normalized spacial score (nSPS) is 23.5. The predicted octanol–water partition coefficient (Wildman–Crippen LogP) is 3.51. The van der Waals surface area contributed by atoms with E-state index in [1.807, 2.05) is 31.2 Å². The number of carbonyl (C=O) groups excluding carboxylic acids is 2. The minimum Gasteiger partial charge on any atom is -0.410 e. The van der Waals surface area contributed by atoms with E-state index in [0.717, 1.165) is 24.5 Å². The van der Waals surface area contributed by atoms with E-state index in [4.69, 9.17) is 4.74 Å². The zero-order valence-corrected chi connectivity index (χ0v) is 18.0. The van der Waals surface area contributed by atoms with Crippen LogP contribution in [0.5, 0.6) is 5.75 Å². The SMILES string of the molecule is CC(=O)N1c2ccc(C3CNN(C4CC4)C3)cc2N(C(=O)Oc2ccccc2)C[C@@H]1C. The van der Waals surface area contributed by atoms with Gasteiger partial charge < -0.3 is 9.64 Å².